The molecule has 0 unspecified atom stereocenters. The van der Waals surface area contributed by atoms with Crippen LogP contribution in [0.15, 0.2) is 60.9 Å². The highest BCUT2D eigenvalue weighted by atomic mass is 15.5. The van der Waals surface area contributed by atoms with Gasteiger partial charge in [-0.1, -0.05) is 48.5 Å². The number of aromatic amines is 1. The van der Waals surface area contributed by atoms with Gasteiger partial charge in [0.05, 0.1) is 0 Å². The number of aromatic nitrogens is 8. The van der Waals surface area contributed by atoms with E-state index in [0.29, 0.717) is 18.1 Å². The average molecular weight is 383 g/mol. The number of nitrogens with zero attached hydrogens (tertiary/aromatic N) is 7. The van der Waals surface area contributed by atoms with E-state index in [1.54, 1.807) is 4.52 Å². The lowest BCUT2D eigenvalue weighted by Gasteiger charge is -2.10. The van der Waals surface area contributed by atoms with Crippen molar-refractivity contribution in [1.82, 2.24) is 40.2 Å². The summed E-state index contributed by atoms with van der Waals surface area (Å²) in [6, 6.07) is 18.4. The van der Waals surface area contributed by atoms with Crippen LogP contribution in [0.3, 0.4) is 0 Å². The lowest BCUT2D eigenvalue weighted by atomic mass is 9.98. The van der Waals surface area contributed by atoms with Crippen molar-refractivity contribution in [3.05, 3.63) is 72.2 Å². The Morgan fingerprint density at radius 3 is 2.66 bits per heavy atom. The fourth-order valence-corrected chi connectivity index (χ4v) is 3.26. The second kappa shape index (κ2) is 7.12. The van der Waals surface area contributed by atoms with Crippen LogP contribution in [-0.2, 0) is 6.54 Å². The molecule has 0 amide bonds. The van der Waals surface area contributed by atoms with E-state index in [4.69, 9.17) is 0 Å². The zero-order valence-electron chi connectivity index (χ0n) is 15.6. The number of hydrogen-bond acceptors (Lipinski definition) is 7. The summed E-state index contributed by atoms with van der Waals surface area (Å²) >= 11 is 0. The molecule has 0 saturated carbocycles. The molecule has 142 valence electrons. The third kappa shape index (κ3) is 3.29. The largest absolute Gasteiger partial charge is 0.366 e. The SMILES string of the molecule is Cc1cc(NCc2ccc(-c3ccccc3-c3nn[nH]n3)cc2)n2ncnc2n1. The summed E-state index contributed by atoms with van der Waals surface area (Å²) in [5.74, 6) is 2.02. The number of aryl methyl sites for hydroxylation is 1. The summed E-state index contributed by atoms with van der Waals surface area (Å²) < 4.78 is 1.70. The maximum Gasteiger partial charge on any atom is 0.254 e. The highest BCUT2D eigenvalue weighted by Gasteiger charge is 2.10. The number of rotatable bonds is 5. The minimum atomic E-state index is 0.580. The maximum atomic E-state index is 4.36. The molecule has 3 aromatic heterocycles. The first-order chi connectivity index (χ1) is 14.3. The van der Waals surface area contributed by atoms with Gasteiger partial charge in [-0.15, -0.1) is 10.2 Å². The third-order valence-electron chi connectivity index (χ3n) is 4.63. The first kappa shape index (κ1) is 17.0. The smallest absolute Gasteiger partial charge is 0.254 e. The van der Waals surface area contributed by atoms with Crippen molar-refractivity contribution in [2.24, 2.45) is 0 Å². The Morgan fingerprint density at radius 2 is 1.86 bits per heavy atom. The predicted octanol–water partition coefficient (Wildman–Crippen LogP) is 2.89. The number of H-pyrrole nitrogens is 1. The van der Waals surface area contributed by atoms with Crippen molar-refractivity contribution < 1.29 is 0 Å². The summed E-state index contributed by atoms with van der Waals surface area (Å²) in [4.78, 5) is 8.51. The lowest BCUT2D eigenvalue weighted by Crippen LogP contribution is -2.06. The fourth-order valence-electron chi connectivity index (χ4n) is 3.26. The minimum absolute atomic E-state index is 0.580. The monoisotopic (exact) mass is 383 g/mol. The molecule has 0 saturated heterocycles. The van der Waals surface area contributed by atoms with Gasteiger partial charge in [0.25, 0.3) is 5.78 Å². The molecular weight excluding hydrogens is 366 g/mol. The van der Waals surface area contributed by atoms with E-state index in [2.05, 4.69) is 71.3 Å². The molecule has 0 atom stereocenters. The van der Waals surface area contributed by atoms with Gasteiger partial charge in [-0.2, -0.15) is 19.8 Å². The van der Waals surface area contributed by atoms with Crippen molar-refractivity contribution in [1.29, 1.82) is 0 Å². The zero-order chi connectivity index (χ0) is 19.6. The molecule has 5 rings (SSSR count). The number of hydrogen-bond donors (Lipinski definition) is 2. The van der Waals surface area contributed by atoms with Gasteiger partial charge in [-0.25, -0.2) is 4.98 Å². The van der Waals surface area contributed by atoms with E-state index in [1.165, 1.54) is 6.33 Å². The molecule has 9 nitrogen and oxygen atoms in total. The van der Waals surface area contributed by atoms with Gasteiger partial charge in [-0.3, -0.25) is 0 Å². The summed E-state index contributed by atoms with van der Waals surface area (Å²) in [6.45, 7) is 2.60. The third-order valence-corrected chi connectivity index (χ3v) is 4.63. The molecular formula is C20H17N9. The van der Waals surface area contributed by atoms with E-state index in [9.17, 15) is 0 Å². The highest BCUT2D eigenvalue weighted by Crippen LogP contribution is 2.29. The topological polar surface area (TPSA) is 110 Å². The molecule has 0 aliphatic rings. The van der Waals surface area contributed by atoms with Gasteiger partial charge >= 0.3 is 0 Å². The van der Waals surface area contributed by atoms with Gasteiger partial charge in [0, 0.05) is 23.9 Å². The van der Waals surface area contributed by atoms with Gasteiger partial charge in [0.2, 0.25) is 5.82 Å². The Balaban J connectivity index is 1.38. The minimum Gasteiger partial charge on any atom is -0.366 e. The summed E-state index contributed by atoms with van der Waals surface area (Å²) in [6.07, 6.45) is 1.50. The van der Waals surface area contributed by atoms with Crippen molar-refractivity contribution in [2.45, 2.75) is 13.5 Å². The van der Waals surface area contributed by atoms with Crippen LogP contribution in [0, 0.1) is 6.92 Å². The van der Waals surface area contributed by atoms with E-state index >= 15 is 0 Å². The molecule has 0 aliphatic carbocycles. The predicted molar refractivity (Wildman–Crippen MR) is 108 cm³/mol. The van der Waals surface area contributed by atoms with E-state index < -0.39 is 0 Å². The molecule has 3 heterocycles. The molecule has 2 aromatic carbocycles. The van der Waals surface area contributed by atoms with Gasteiger partial charge < -0.3 is 5.32 Å². The van der Waals surface area contributed by atoms with Gasteiger partial charge in [0.15, 0.2) is 0 Å². The molecule has 2 N–H and O–H groups in total. The van der Waals surface area contributed by atoms with Crippen molar-refractivity contribution in [3.63, 3.8) is 0 Å². The number of benzene rings is 2. The number of anilines is 1. The molecule has 9 heteroatoms. The Morgan fingerprint density at radius 1 is 1.03 bits per heavy atom. The number of tetrazole rings is 1. The highest BCUT2D eigenvalue weighted by molar-refractivity contribution is 5.80. The van der Waals surface area contributed by atoms with Crippen LogP contribution in [0.2, 0.25) is 0 Å². The van der Waals surface area contributed by atoms with Gasteiger partial charge in [-0.05, 0) is 28.8 Å². The molecule has 0 bridgehead atoms. The maximum absolute atomic E-state index is 4.36. The molecule has 0 fully saturated rings. The van der Waals surface area contributed by atoms with Crippen molar-refractivity contribution in [3.8, 4) is 22.5 Å². The first-order valence-electron chi connectivity index (χ1n) is 9.11. The second-order valence-electron chi connectivity index (χ2n) is 6.59. The standard InChI is InChI=1S/C20H17N9/c1-13-10-18(29-20(24-13)22-12-23-29)21-11-14-6-8-15(9-7-14)16-4-2-3-5-17(16)19-25-27-28-26-19/h2-10,12,21H,11H2,1H3,(H,25,26,27,28). The lowest BCUT2D eigenvalue weighted by molar-refractivity contribution is 0.881. The van der Waals surface area contributed by atoms with Crippen LogP contribution in [0.4, 0.5) is 5.82 Å². The summed E-state index contributed by atoms with van der Waals surface area (Å²) in [7, 11) is 0. The van der Waals surface area contributed by atoms with E-state index in [0.717, 1.165) is 33.8 Å². The molecule has 0 spiro atoms. The fraction of sp³-hybridized carbons (Fsp3) is 0.100. The second-order valence-corrected chi connectivity index (χ2v) is 6.59. The average Bonchev–Trinajstić information content (AvgIpc) is 3.44. The Bertz CT molecular complexity index is 1260. The molecule has 5 aromatic rings. The van der Waals surface area contributed by atoms with Crippen LogP contribution >= 0.6 is 0 Å². The summed E-state index contributed by atoms with van der Waals surface area (Å²) in [5.41, 5.74) is 5.12. The normalized spacial score (nSPS) is 11.1. The molecule has 0 radical (unpaired) electrons. The van der Waals surface area contributed by atoms with Crippen LogP contribution in [-0.4, -0.2) is 40.2 Å². The number of fused-ring (bicyclic) bond motifs is 1. The zero-order valence-corrected chi connectivity index (χ0v) is 15.6. The quantitative estimate of drug-likeness (QED) is 0.480. The van der Waals surface area contributed by atoms with E-state index in [-0.39, 0.29) is 0 Å². The molecule has 29 heavy (non-hydrogen) atoms. The number of nitrogens with one attached hydrogen (secondary N) is 2. The Kier molecular flexibility index (Phi) is 4.17. The van der Waals surface area contributed by atoms with Gasteiger partial charge in [0.1, 0.15) is 12.1 Å². The van der Waals surface area contributed by atoms with Crippen molar-refractivity contribution >= 4 is 11.6 Å². The Hall–Kier alpha value is -4.14. The van der Waals surface area contributed by atoms with Crippen LogP contribution < -0.4 is 5.32 Å². The molecule has 0 aliphatic heterocycles. The van der Waals surface area contributed by atoms with Crippen LogP contribution in [0.1, 0.15) is 11.3 Å². The Labute approximate surface area is 165 Å². The van der Waals surface area contributed by atoms with E-state index in [1.807, 2.05) is 31.2 Å². The summed E-state index contributed by atoms with van der Waals surface area (Å²) in [5, 5.41) is 22.0. The van der Waals surface area contributed by atoms with Crippen molar-refractivity contribution in [2.75, 3.05) is 5.32 Å². The first-order valence-corrected chi connectivity index (χ1v) is 9.11. The van der Waals surface area contributed by atoms with Crippen LogP contribution in [0.5, 0.6) is 0 Å². The van der Waals surface area contributed by atoms with Crippen LogP contribution in [0.25, 0.3) is 28.3 Å².